The van der Waals surface area contributed by atoms with Crippen molar-refractivity contribution >= 4 is 11.5 Å². The van der Waals surface area contributed by atoms with E-state index in [2.05, 4.69) is 32.2 Å². The van der Waals surface area contributed by atoms with Crippen LogP contribution in [0, 0.1) is 5.82 Å². The van der Waals surface area contributed by atoms with Crippen molar-refractivity contribution in [3.63, 3.8) is 0 Å². The van der Waals surface area contributed by atoms with Crippen molar-refractivity contribution in [1.29, 1.82) is 0 Å². The molecule has 0 amide bonds. The second kappa shape index (κ2) is 7.56. The van der Waals surface area contributed by atoms with Gasteiger partial charge in [-0.15, -0.1) is 0 Å². The summed E-state index contributed by atoms with van der Waals surface area (Å²) < 4.78 is 18.0. The van der Waals surface area contributed by atoms with Gasteiger partial charge in [0.2, 0.25) is 0 Å². The molecular formula is C24H20FN7. The SMILES string of the molecule is Fc1cccnc1[C@H]1CCCN1c1ccn2ncc(-n3cc(-c4ccccc4)cn3)c2n1. The fourth-order valence-corrected chi connectivity index (χ4v) is 4.37. The highest BCUT2D eigenvalue weighted by Crippen LogP contribution is 2.35. The zero-order valence-electron chi connectivity index (χ0n) is 17.2. The number of nitrogens with zero attached hydrogens (tertiary/aromatic N) is 7. The number of fused-ring (bicyclic) bond motifs is 1. The van der Waals surface area contributed by atoms with E-state index in [-0.39, 0.29) is 11.9 Å². The van der Waals surface area contributed by atoms with Gasteiger partial charge in [-0.25, -0.2) is 18.6 Å². The fraction of sp³-hybridized carbons (Fsp3) is 0.167. The lowest BCUT2D eigenvalue weighted by Gasteiger charge is -2.25. The van der Waals surface area contributed by atoms with Gasteiger partial charge in [-0.3, -0.25) is 4.98 Å². The zero-order chi connectivity index (χ0) is 21.5. The topological polar surface area (TPSA) is 64.1 Å². The Morgan fingerprint density at radius 2 is 1.84 bits per heavy atom. The van der Waals surface area contributed by atoms with Gasteiger partial charge >= 0.3 is 0 Å². The number of rotatable bonds is 4. The van der Waals surface area contributed by atoms with Crippen LogP contribution in [0.2, 0.25) is 0 Å². The molecule has 8 heteroatoms. The van der Waals surface area contributed by atoms with Gasteiger partial charge in [0, 0.05) is 30.7 Å². The third-order valence-corrected chi connectivity index (χ3v) is 5.92. The molecule has 5 aromatic rings. The van der Waals surface area contributed by atoms with Gasteiger partial charge in [-0.2, -0.15) is 10.2 Å². The first-order chi connectivity index (χ1) is 15.8. The van der Waals surface area contributed by atoms with E-state index in [9.17, 15) is 4.39 Å². The van der Waals surface area contributed by atoms with Crippen LogP contribution in [0.5, 0.6) is 0 Å². The Morgan fingerprint density at radius 3 is 2.72 bits per heavy atom. The highest BCUT2D eigenvalue weighted by molar-refractivity contribution is 5.65. The Morgan fingerprint density at radius 1 is 0.938 bits per heavy atom. The fourth-order valence-electron chi connectivity index (χ4n) is 4.37. The molecule has 6 rings (SSSR count). The zero-order valence-corrected chi connectivity index (χ0v) is 17.2. The molecule has 1 fully saturated rings. The first-order valence-corrected chi connectivity index (χ1v) is 10.6. The molecule has 7 nitrogen and oxygen atoms in total. The highest BCUT2D eigenvalue weighted by atomic mass is 19.1. The maximum Gasteiger partial charge on any atom is 0.183 e. The molecule has 158 valence electrons. The summed E-state index contributed by atoms with van der Waals surface area (Å²) in [4.78, 5) is 11.3. The Kier molecular flexibility index (Phi) is 4.41. The van der Waals surface area contributed by atoms with Crippen LogP contribution < -0.4 is 4.90 Å². The molecule has 5 heterocycles. The summed E-state index contributed by atoms with van der Waals surface area (Å²) in [5.74, 6) is 0.503. The Labute approximate surface area is 183 Å². The molecular weight excluding hydrogens is 405 g/mol. The standard InChI is InChI=1S/C24H20FN7/c25-19-8-4-11-26-23(19)20-9-5-12-30(20)22-10-13-31-24(29-22)21(15-28-31)32-16-18(14-27-32)17-6-2-1-3-7-17/h1-4,6-8,10-11,13-16,20H,5,9,12H2/t20-/m1/s1. The summed E-state index contributed by atoms with van der Waals surface area (Å²) in [6, 6.07) is 15.0. The van der Waals surface area contributed by atoms with E-state index in [1.54, 1.807) is 27.7 Å². The Balaban J connectivity index is 1.38. The number of halogens is 1. The average molecular weight is 425 g/mol. The van der Waals surface area contributed by atoms with E-state index in [0.717, 1.165) is 42.0 Å². The lowest BCUT2D eigenvalue weighted by molar-refractivity contribution is 0.562. The maximum atomic E-state index is 14.4. The highest BCUT2D eigenvalue weighted by Gasteiger charge is 2.30. The lowest BCUT2D eigenvalue weighted by Crippen LogP contribution is -2.25. The third-order valence-electron chi connectivity index (χ3n) is 5.92. The molecule has 1 saturated heterocycles. The van der Waals surface area contributed by atoms with Crippen molar-refractivity contribution in [3.8, 4) is 16.8 Å². The molecule has 4 aromatic heterocycles. The van der Waals surface area contributed by atoms with Gasteiger partial charge in [-0.1, -0.05) is 30.3 Å². The molecule has 1 aromatic carbocycles. The van der Waals surface area contributed by atoms with Crippen LogP contribution in [0.15, 0.2) is 79.5 Å². The predicted molar refractivity (Wildman–Crippen MR) is 119 cm³/mol. The number of benzene rings is 1. The van der Waals surface area contributed by atoms with Crippen LogP contribution in [0.3, 0.4) is 0 Å². The van der Waals surface area contributed by atoms with Crippen LogP contribution in [-0.2, 0) is 0 Å². The summed E-state index contributed by atoms with van der Waals surface area (Å²) in [5, 5.41) is 8.98. The smallest absolute Gasteiger partial charge is 0.183 e. The van der Waals surface area contributed by atoms with Crippen molar-refractivity contribution < 1.29 is 4.39 Å². The minimum atomic E-state index is -0.277. The van der Waals surface area contributed by atoms with Crippen LogP contribution >= 0.6 is 0 Å². The van der Waals surface area contributed by atoms with Crippen molar-refractivity contribution in [3.05, 3.63) is 91.0 Å². The molecule has 0 aliphatic carbocycles. The molecule has 1 atom stereocenters. The average Bonchev–Trinajstić information content (AvgIpc) is 3.58. The first-order valence-electron chi connectivity index (χ1n) is 10.6. The van der Waals surface area contributed by atoms with Crippen molar-refractivity contribution in [2.24, 2.45) is 0 Å². The first kappa shape index (κ1) is 18.7. The van der Waals surface area contributed by atoms with Crippen LogP contribution in [0.25, 0.3) is 22.5 Å². The van der Waals surface area contributed by atoms with E-state index < -0.39 is 0 Å². The molecule has 0 unspecified atom stereocenters. The van der Waals surface area contributed by atoms with E-state index in [1.807, 2.05) is 42.9 Å². The molecule has 32 heavy (non-hydrogen) atoms. The van der Waals surface area contributed by atoms with Gasteiger partial charge in [0.05, 0.1) is 24.1 Å². The molecule has 0 saturated carbocycles. The number of hydrogen-bond donors (Lipinski definition) is 0. The van der Waals surface area contributed by atoms with Crippen LogP contribution in [0.1, 0.15) is 24.6 Å². The predicted octanol–water partition coefficient (Wildman–Crippen LogP) is 4.46. The largest absolute Gasteiger partial charge is 0.348 e. The molecule has 0 spiro atoms. The summed E-state index contributed by atoms with van der Waals surface area (Å²) in [6.07, 6.45) is 10.9. The maximum absolute atomic E-state index is 14.4. The van der Waals surface area contributed by atoms with E-state index in [1.165, 1.54) is 6.07 Å². The van der Waals surface area contributed by atoms with Crippen molar-refractivity contribution in [1.82, 2.24) is 29.4 Å². The minimum Gasteiger partial charge on any atom is -0.348 e. The number of anilines is 1. The van der Waals surface area contributed by atoms with E-state index >= 15 is 0 Å². The molecule has 0 bridgehead atoms. The van der Waals surface area contributed by atoms with Crippen LogP contribution in [-0.4, -0.2) is 35.9 Å². The second-order valence-corrected chi connectivity index (χ2v) is 7.85. The number of pyridine rings is 1. The minimum absolute atomic E-state index is 0.132. The van der Waals surface area contributed by atoms with Crippen LogP contribution in [0.4, 0.5) is 10.2 Å². The van der Waals surface area contributed by atoms with Gasteiger partial charge in [-0.05, 0) is 36.6 Å². The summed E-state index contributed by atoms with van der Waals surface area (Å²) in [5.41, 5.74) is 4.07. The lowest BCUT2D eigenvalue weighted by atomic mass is 10.1. The number of aromatic nitrogens is 6. The normalized spacial score (nSPS) is 16.2. The van der Waals surface area contributed by atoms with Crippen molar-refractivity contribution in [2.45, 2.75) is 18.9 Å². The molecule has 0 N–H and O–H groups in total. The van der Waals surface area contributed by atoms with Gasteiger partial charge in [0.1, 0.15) is 17.3 Å². The third kappa shape index (κ3) is 3.11. The summed E-state index contributed by atoms with van der Waals surface area (Å²) in [6.45, 7) is 0.799. The summed E-state index contributed by atoms with van der Waals surface area (Å²) >= 11 is 0. The quantitative estimate of drug-likeness (QED) is 0.425. The second-order valence-electron chi connectivity index (χ2n) is 7.85. The van der Waals surface area contributed by atoms with E-state index in [0.29, 0.717) is 11.3 Å². The monoisotopic (exact) mass is 425 g/mol. The molecule has 1 aliphatic heterocycles. The molecule has 1 aliphatic rings. The Hall–Kier alpha value is -4.07. The summed E-state index contributed by atoms with van der Waals surface area (Å²) in [7, 11) is 0. The van der Waals surface area contributed by atoms with E-state index in [4.69, 9.17) is 4.98 Å². The number of hydrogen-bond acceptors (Lipinski definition) is 5. The van der Waals surface area contributed by atoms with Gasteiger partial charge in [0.15, 0.2) is 5.65 Å². The Bertz CT molecular complexity index is 1390. The molecule has 0 radical (unpaired) electrons. The van der Waals surface area contributed by atoms with Gasteiger partial charge < -0.3 is 4.90 Å². The van der Waals surface area contributed by atoms with Crippen molar-refractivity contribution in [2.75, 3.05) is 11.4 Å². The van der Waals surface area contributed by atoms with Gasteiger partial charge in [0.25, 0.3) is 0 Å².